The van der Waals surface area contributed by atoms with E-state index in [1.165, 1.54) is 43.0 Å². The van der Waals surface area contributed by atoms with E-state index in [1.54, 1.807) is 0 Å². The van der Waals surface area contributed by atoms with Crippen molar-refractivity contribution in [3.05, 3.63) is 18.2 Å². The Hall–Kier alpha value is -1.42. The third-order valence-corrected chi connectivity index (χ3v) is 4.35. The first-order valence-corrected chi connectivity index (χ1v) is 8.35. The van der Waals surface area contributed by atoms with E-state index >= 15 is 0 Å². The van der Waals surface area contributed by atoms with Crippen LogP contribution in [0.5, 0.6) is 0 Å². The van der Waals surface area contributed by atoms with E-state index in [9.17, 15) is 0 Å². The molecule has 116 valence electrons. The molecule has 0 amide bonds. The van der Waals surface area contributed by atoms with Crippen LogP contribution in [0.3, 0.4) is 0 Å². The van der Waals surface area contributed by atoms with Crippen molar-refractivity contribution in [2.45, 2.75) is 32.7 Å². The van der Waals surface area contributed by atoms with Gasteiger partial charge in [0.15, 0.2) is 0 Å². The summed E-state index contributed by atoms with van der Waals surface area (Å²) in [5.41, 5.74) is 4.04. The Bertz CT molecular complexity index is 460. The number of hydrogen-bond donors (Lipinski definition) is 2. The van der Waals surface area contributed by atoms with E-state index in [4.69, 9.17) is 0 Å². The summed E-state index contributed by atoms with van der Waals surface area (Å²) in [6, 6.07) is 7.40. The van der Waals surface area contributed by atoms with E-state index in [0.717, 1.165) is 26.2 Å². The molecule has 4 nitrogen and oxygen atoms in total. The fourth-order valence-electron chi connectivity index (χ4n) is 3.29. The standard InChI is InChI=1S/C17H28N4/c1-14(2)19-16-6-5-15(20-11-7-18-8-12-20)13-17(16)21-9-3-4-10-21/h5-6,13-14,18-19H,3-4,7-12H2,1-2H3. The van der Waals surface area contributed by atoms with Gasteiger partial charge in [-0.1, -0.05) is 0 Å². The summed E-state index contributed by atoms with van der Waals surface area (Å²) >= 11 is 0. The van der Waals surface area contributed by atoms with Crippen molar-refractivity contribution in [3.8, 4) is 0 Å². The number of rotatable bonds is 4. The van der Waals surface area contributed by atoms with Gasteiger partial charge in [-0.3, -0.25) is 0 Å². The third kappa shape index (κ3) is 3.43. The summed E-state index contributed by atoms with van der Waals surface area (Å²) in [7, 11) is 0. The van der Waals surface area contributed by atoms with Gasteiger partial charge in [0.05, 0.1) is 11.4 Å². The molecule has 2 heterocycles. The lowest BCUT2D eigenvalue weighted by atomic mass is 10.1. The number of anilines is 3. The molecule has 0 radical (unpaired) electrons. The van der Waals surface area contributed by atoms with Gasteiger partial charge in [0.1, 0.15) is 0 Å². The molecule has 0 spiro atoms. The fraction of sp³-hybridized carbons (Fsp3) is 0.647. The average molecular weight is 288 g/mol. The Morgan fingerprint density at radius 2 is 1.71 bits per heavy atom. The lowest BCUT2D eigenvalue weighted by Crippen LogP contribution is -2.43. The summed E-state index contributed by atoms with van der Waals surface area (Å²) in [5, 5.41) is 7.04. The zero-order chi connectivity index (χ0) is 14.7. The fourth-order valence-corrected chi connectivity index (χ4v) is 3.29. The maximum atomic E-state index is 3.61. The van der Waals surface area contributed by atoms with E-state index in [2.05, 4.69) is 52.5 Å². The second kappa shape index (κ2) is 6.56. The second-order valence-electron chi connectivity index (χ2n) is 6.43. The highest BCUT2D eigenvalue weighted by atomic mass is 15.2. The minimum Gasteiger partial charge on any atom is -0.381 e. The van der Waals surface area contributed by atoms with E-state index in [-0.39, 0.29) is 0 Å². The smallest absolute Gasteiger partial charge is 0.0622 e. The zero-order valence-electron chi connectivity index (χ0n) is 13.4. The van der Waals surface area contributed by atoms with Crippen LogP contribution in [0.2, 0.25) is 0 Å². The van der Waals surface area contributed by atoms with Crippen LogP contribution in [-0.4, -0.2) is 45.3 Å². The molecular weight excluding hydrogens is 260 g/mol. The van der Waals surface area contributed by atoms with Gasteiger partial charge >= 0.3 is 0 Å². The molecule has 2 fully saturated rings. The highest BCUT2D eigenvalue weighted by molar-refractivity contribution is 5.76. The largest absolute Gasteiger partial charge is 0.381 e. The minimum atomic E-state index is 0.469. The maximum absolute atomic E-state index is 3.61. The van der Waals surface area contributed by atoms with Gasteiger partial charge in [-0.05, 0) is 44.9 Å². The average Bonchev–Trinajstić information content (AvgIpc) is 3.02. The number of nitrogens with one attached hydrogen (secondary N) is 2. The zero-order valence-corrected chi connectivity index (χ0v) is 13.4. The summed E-state index contributed by atoms with van der Waals surface area (Å²) in [6.07, 6.45) is 2.64. The van der Waals surface area contributed by atoms with Gasteiger partial charge in [0, 0.05) is 51.0 Å². The van der Waals surface area contributed by atoms with Crippen molar-refractivity contribution in [2.75, 3.05) is 54.4 Å². The molecule has 0 saturated carbocycles. The molecule has 2 aliphatic heterocycles. The van der Waals surface area contributed by atoms with Gasteiger partial charge in [-0.15, -0.1) is 0 Å². The van der Waals surface area contributed by atoms with Crippen molar-refractivity contribution < 1.29 is 0 Å². The molecule has 2 saturated heterocycles. The molecule has 3 rings (SSSR count). The van der Waals surface area contributed by atoms with Gasteiger partial charge in [-0.2, -0.15) is 0 Å². The number of hydrogen-bond acceptors (Lipinski definition) is 4. The summed E-state index contributed by atoms with van der Waals surface area (Å²) < 4.78 is 0. The monoisotopic (exact) mass is 288 g/mol. The highest BCUT2D eigenvalue weighted by Crippen LogP contribution is 2.33. The van der Waals surface area contributed by atoms with E-state index in [0.29, 0.717) is 6.04 Å². The molecule has 2 N–H and O–H groups in total. The van der Waals surface area contributed by atoms with Gasteiger partial charge in [0.2, 0.25) is 0 Å². The van der Waals surface area contributed by atoms with Gasteiger partial charge in [-0.25, -0.2) is 0 Å². The lowest BCUT2D eigenvalue weighted by Gasteiger charge is -2.31. The van der Waals surface area contributed by atoms with Gasteiger partial charge < -0.3 is 20.4 Å². The summed E-state index contributed by atoms with van der Waals surface area (Å²) in [5.74, 6) is 0. The summed E-state index contributed by atoms with van der Waals surface area (Å²) in [6.45, 7) is 11.2. The van der Waals surface area contributed by atoms with Crippen molar-refractivity contribution in [2.24, 2.45) is 0 Å². The van der Waals surface area contributed by atoms with Gasteiger partial charge in [0.25, 0.3) is 0 Å². The lowest BCUT2D eigenvalue weighted by molar-refractivity contribution is 0.589. The van der Waals surface area contributed by atoms with Crippen LogP contribution >= 0.6 is 0 Å². The van der Waals surface area contributed by atoms with Crippen LogP contribution < -0.4 is 20.4 Å². The maximum Gasteiger partial charge on any atom is 0.0622 e. The first-order valence-electron chi connectivity index (χ1n) is 8.35. The highest BCUT2D eigenvalue weighted by Gasteiger charge is 2.19. The molecule has 0 aliphatic carbocycles. The van der Waals surface area contributed by atoms with Crippen molar-refractivity contribution >= 4 is 17.1 Å². The molecule has 1 aromatic carbocycles. The molecule has 1 aromatic rings. The Morgan fingerprint density at radius 3 is 2.38 bits per heavy atom. The normalized spacial score (nSPS) is 19.4. The van der Waals surface area contributed by atoms with Crippen LogP contribution in [-0.2, 0) is 0 Å². The molecule has 0 unspecified atom stereocenters. The number of piperazine rings is 1. The predicted octanol–water partition coefficient (Wildman–Crippen LogP) is 2.52. The Morgan fingerprint density at radius 1 is 1.00 bits per heavy atom. The Labute approximate surface area is 128 Å². The molecule has 0 bridgehead atoms. The van der Waals surface area contributed by atoms with Crippen LogP contribution in [0, 0.1) is 0 Å². The molecule has 0 aromatic heterocycles. The minimum absolute atomic E-state index is 0.469. The van der Waals surface area contributed by atoms with Crippen molar-refractivity contribution in [1.29, 1.82) is 0 Å². The van der Waals surface area contributed by atoms with E-state index in [1.807, 2.05) is 0 Å². The Balaban J connectivity index is 1.87. The number of nitrogens with zero attached hydrogens (tertiary/aromatic N) is 2. The van der Waals surface area contributed by atoms with Crippen LogP contribution in [0.4, 0.5) is 17.1 Å². The molecule has 21 heavy (non-hydrogen) atoms. The topological polar surface area (TPSA) is 30.5 Å². The quantitative estimate of drug-likeness (QED) is 0.891. The SMILES string of the molecule is CC(C)Nc1ccc(N2CCNCC2)cc1N1CCCC1. The Kier molecular flexibility index (Phi) is 4.54. The molecule has 0 atom stereocenters. The van der Waals surface area contributed by atoms with Crippen molar-refractivity contribution in [1.82, 2.24) is 5.32 Å². The molecular formula is C17H28N4. The molecule has 4 heteroatoms. The third-order valence-electron chi connectivity index (χ3n) is 4.35. The van der Waals surface area contributed by atoms with E-state index < -0.39 is 0 Å². The second-order valence-corrected chi connectivity index (χ2v) is 6.43. The first-order chi connectivity index (χ1) is 10.2. The van der Waals surface area contributed by atoms with Crippen LogP contribution in [0.15, 0.2) is 18.2 Å². The first kappa shape index (κ1) is 14.5. The summed E-state index contributed by atoms with van der Waals surface area (Å²) in [4.78, 5) is 5.03. The van der Waals surface area contributed by atoms with Crippen LogP contribution in [0.1, 0.15) is 26.7 Å². The molecule has 2 aliphatic rings. The number of benzene rings is 1. The predicted molar refractivity (Wildman–Crippen MR) is 91.7 cm³/mol. The van der Waals surface area contributed by atoms with Crippen LogP contribution in [0.25, 0.3) is 0 Å². The van der Waals surface area contributed by atoms with Crippen molar-refractivity contribution in [3.63, 3.8) is 0 Å².